The number of oxazole rings is 1. The van der Waals surface area contributed by atoms with Gasteiger partial charge in [-0.05, 0) is 30.2 Å². The molecule has 0 unspecified atom stereocenters. The van der Waals surface area contributed by atoms with Gasteiger partial charge in [-0.25, -0.2) is 4.99 Å². The van der Waals surface area contributed by atoms with Gasteiger partial charge in [0.2, 0.25) is 5.95 Å². The van der Waals surface area contributed by atoms with E-state index in [1.165, 1.54) is 0 Å². The fourth-order valence-corrected chi connectivity index (χ4v) is 3.45. The van der Waals surface area contributed by atoms with Crippen LogP contribution in [0.4, 0.5) is 10.4 Å². The molecule has 3 N–H and O–H groups in total. The molecule has 0 spiro atoms. The maximum Gasteiger partial charge on any atom is 0.292 e. The molecule has 1 aromatic carbocycles. The number of anilines is 1. The maximum atomic E-state index is 14.7. The molecule has 0 saturated carbocycles. The van der Waals surface area contributed by atoms with Gasteiger partial charge < -0.3 is 24.9 Å². The minimum absolute atomic E-state index is 0.0771. The lowest BCUT2D eigenvalue weighted by molar-refractivity contribution is 0.258. The number of nitrogens with zero attached hydrogens (tertiary/aromatic N) is 3. The second-order valence-electron chi connectivity index (χ2n) is 6.00. The van der Waals surface area contributed by atoms with E-state index in [0.717, 1.165) is 11.8 Å². The topological polar surface area (TPSA) is 97.1 Å². The van der Waals surface area contributed by atoms with Crippen LogP contribution in [0.3, 0.4) is 0 Å². The molecule has 1 aromatic heterocycles. The van der Waals surface area contributed by atoms with Crippen LogP contribution < -0.4 is 5.73 Å². The van der Waals surface area contributed by atoms with E-state index in [1.807, 2.05) is 4.90 Å². The highest BCUT2D eigenvalue weighted by Gasteiger charge is 2.37. The number of nitrogens with two attached hydrogens (primary N) is 1. The smallest absolute Gasteiger partial charge is 0.292 e. The van der Waals surface area contributed by atoms with Gasteiger partial charge in [0.05, 0.1) is 11.3 Å². The van der Waals surface area contributed by atoms with E-state index in [9.17, 15) is 9.50 Å². The summed E-state index contributed by atoms with van der Waals surface area (Å²) in [5.74, 6) is -0.527. The fraction of sp³-hybridized carbons (Fsp3) is 0.176. The Balaban J connectivity index is 1.70. The van der Waals surface area contributed by atoms with Crippen molar-refractivity contribution in [1.29, 1.82) is 0 Å². The first-order valence-corrected chi connectivity index (χ1v) is 7.78. The van der Waals surface area contributed by atoms with Crippen molar-refractivity contribution in [2.45, 2.75) is 6.42 Å². The summed E-state index contributed by atoms with van der Waals surface area (Å²) >= 11 is 0. The van der Waals surface area contributed by atoms with Gasteiger partial charge in [-0.3, -0.25) is 0 Å². The normalized spacial score (nSPS) is 19.6. The van der Waals surface area contributed by atoms with Crippen molar-refractivity contribution in [3.8, 4) is 0 Å². The summed E-state index contributed by atoms with van der Waals surface area (Å²) in [4.78, 5) is 10.1. The Morgan fingerprint density at radius 2 is 2.20 bits per heavy atom. The number of aliphatic hydroxyl groups excluding tert-OH is 1. The number of ether oxygens (including phenoxy) is 1. The van der Waals surface area contributed by atoms with Crippen LogP contribution in [-0.4, -0.2) is 34.0 Å². The molecule has 0 aliphatic carbocycles. The molecule has 2 aromatic rings. The largest absolute Gasteiger partial charge is 0.504 e. The molecule has 25 heavy (non-hydrogen) atoms. The summed E-state index contributed by atoms with van der Waals surface area (Å²) in [6, 6.07) is 5.35. The number of aliphatic hydroxyl groups is 1. The number of fused-ring (bicyclic) bond motifs is 1. The molecule has 0 radical (unpaired) electrons. The van der Waals surface area contributed by atoms with Crippen LogP contribution in [0.15, 0.2) is 62.4 Å². The lowest BCUT2D eigenvalue weighted by Crippen LogP contribution is -2.32. The Kier molecular flexibility index (Phi) is 2.74. The van der Waals surface area contributed by atoms with Crippen LogP contribution >= 0.6 is 0 Å². The Labute approximate surface area is 141 Å². The molecule has 0 saturated heterocycles. The van der Waals surface area contributed by atoms with Crippen LogP contribution in [0.5, 0.6) is 0 Å². The van der Waals surface area contributed by atoms with Crippen molar-refractivity contribution >= 4 is 22.9 Å². The van der Waals surface area contributed by atoms with Crippen LogP contribution in [0.2, 0.25) is 0 Å². The van der Waals surface area contributed by atoms with Crippen molar-refractivity contribution in [1.82, 2.24) is 9.88 Å². The highest BCUT2D eigenvalue weighted by molar-refractivity contribution is 6.04. The van der Waals surface area contributed by atoms with Crippen LogP contribution in [0, 0.1) is 0 Å². The monoisotopic (exact) mass is 340 g/mol. The molecule has 3 aliphatic rings. The van der Waals surface area contributed by atoms with Gasteiger partial charge in [0, 0.05) is 12.1 Å². The zero-order valence-corrected chi connectivity index (χ0v) is 13.0. The van der Waals surface area contributed by atoms with Crippen molar-refractivity contribution in [3.63, 3.8) is 0 Å². The molecular formula is C17H13FN4O3. The summed E-state index contributed by atoms with van der Waals surface area (Å²) in [5.41, 5.74) is 9.06. The summed E-state index contributed by atoms with van der Waals surface area (Å²) in [7, 11) is 0. The molecule has 7 nitrogen and oxygen atoms in total. The molecule has 5 rings (SSSR count). The summed E-state index contributed by atoms with van der Waals surface area (Å²) in [5, 5.41) is 10.1. The number of nitrogen functional groups attached to an aromatic ring is 1. The average molecular weight is 340 g/mol. The molecule has 126 valence electrons. The van der Waals surface area contributed by atoms with E-state index in [4.69, 9.17) is 14.9 Å². The van der Waals surface area contributed by atoms with E-state index in [0.29, 0.717) is 47.8 Å². The highest BCUT2D eigenvalue weighted by atomic mass is 19.1. The minimum Gasteiger partial charge on any atom is -0.504 e. The highest BCUT2D eigenvalue weighted by Crippen LogP contribution is 2.40. The molecule has 0 fully saturated rings. The fourth-order valence-electron chi connectivity index (χ4n) is 3.45. The van der Waals surface area contributed by atoms with E-state index < -0.39 is 5.95 Å². The Hall–Kier alpha value is -3.29. The number of aromatic nitrogens is 1. The van der Waals surface area contributed by atoms with Gasteiger partial charge in [0.25, 0.3) is 6.01 Å². The van der Waals surface area contributed by atoms with Gasteiger partial charge in [-0.1, -0.05) is 0 Å². The van der Waals surface area contributed by atoms with Gasteiger partial charge >= 0.3 is 0 Å². The summed E-state index contributed by atoms with van der Waals surface area (Å²) in [6.45, 7) is 0.953. The Bertz CT molecular complexity index is 1050. The van der Waals surface area contributed by atoms with Crippen LogP contribution in [0.1, 0.15) is 12.0 Å². The van der Waals surface area contributed by atoms with Crippen molar-refractivity contribution in [2.75, 3.05) is 18.9 Å². The minimum atomic E-state index is -0.736. The second-order valence-corrected chi connectivity index (χ2v) is 6.00. The van der Waals surface area contributed by atoms with Gasteiger partial charge in [-0.15, -0.1) is 0 Å². The van der Waals surface area contributed by atoms with Crippen molar-refractivity contribution in [2.24, 2.45) is 4.99 Å². The number of halogens is 1. The van der Waals surface area contributed by atoms with E-state index in [-0.39, 0.29) is 17.3 Å². The third-order valence-electron chi connectivity index (χ3n) is 4.52. The maximum absolute atomic E-state index is 14.7. The molecule has 4 heterocycles. The predicted molar refractivity (Wildman–Crippen MR) is 88.1 cm³/mol. The van der Waals surface area contributed by atoms with E-state index in [2.05, 4.69) is 9.98 Å². The molecule has 0 bridgehead atoms. The predicted octanol–water partition coefficient (Wildman–Crippen LogP) is 2.74. The summed E-state index contributed by atoms with van der Waals surface area (Å²) < 4.78 is 25.3. The van der Waals surface area contributed by atoms with Crippen molar-refractivity contribution < 1.29 is 18.7 Å². The Morgan fingerprint density at radius 1 is 1.32 bits per heavy atom. The molecule has 0 amide bonds. The van der Waals surface area contributed by atoms with Crippen LogP contribution in [0.25, 0.3) is 11.1 Å². The van der Waals surface area contributed by atoms with Crippen molar-refractivity contribution in [3.05, 3.63) is 58.6 Å². The first-order chi connectivity index (χ1) is 12.1. The number of hydrogen-bond donors (Lipinski definition) is 2. The standard InChI is InChI=1S/C17H13FN4O3/c18-15-13-11(23)7-24-6-9-3-4-22(14(9)13)16(21-15)8-1-2-12-10(5-8)20-17(19)25-12/h1-2,5,7,23H,3-4,6H2,(H2,19,20). The quantitative estimate of drug-likeness (QED) is 0.775. The van der Waals surface area contributed by atoms with E-state index >= 15 is 0 Å². The first-order valence-electron chi connectivity index (χ1n) is 7.78. The lowest BCUT2D eigenvalue weighted by atomic mass is 10.0. The lowest BCUT2D eigenvalue weighted by Gasteiger charge is -2.28. The molecule has 8 heteroatoms. The van der Waals surface area contributed by atoms with Crippen LogP contribution in [-0.2, 0) is 4.74 Å². The van der Waals surface area contributed by atoms with E-state index in [1.54, 1.807) is 18.2 Å². The average Bonchev–Trinajstić information content (AvgIpc) is 3.11. The number of hydrogen-bond acceptors (Lipinski definition) is 7. The Morgan fingerprint density at radius 3 is 3.08 bits per heavy atom. The number of amidine groups is 1. The van der Waals surface area contributed by atoms with Gasteiger partial charge in [0.15, 0.2) is 11.3 Å². The van der Waals surface area contributed by atoms with Gasteiger partial charge in [0.1, 0.15) is 24.2 Å². The second kappa shape index (κ2) is 4.85. The van der Waals surface area contributed by atoms with Gasteiger partial charge in [-0.2, -0.15) is 9.37 Å². The molecule has 0 atom stereocenters. The third kappa shape index (κ3) is 1.97. The SMILES string of the molecule is Nc1nc2cc(C3=NC(F)=C4C(O)=COCC5=C4N3CC5)ccc2o1. The third-order valence-corrected chi connectivity index (χ3v) is 4.52. The summed E-state index contributed by atoms with van der Waals surface area (Å²) in [6.07, 6.45) is 1.88. The molecular weight excluding hydrogens is 327 g/mol. The molecule has 3 aliphatic heterocycles. The number of aliphatic imine (C=N–C) groups is 1. The zero-order chi connectivity index (χ0) is 17.1. The zero-order valence-electron chi connectivity index (χ0n) is 13.0. The number of benzene rings is 1. The number of rotatable bonds is 1. The first kappa shape index (κ1) is 14.1.